The summed E-state index contributed by atoms with van der Waals surface area (Å²) in [7, 11) is 0. The molecule has 5 rings (SSSR count). The largest absolute Gasteiger partial charge is 0.455 e. The predicted molar refractivity (Wildman–Crippen MR) is 91.6 cm³/mol. The fraction of sp³-hybridized carbons (Fsp3) is 0.579. The minimum absolute atomic E-state index is 0.0149. The maximum atomic E-state index is 12.5. The number of rotatable bonds is 4. The molecule has 1 aromatic rings. The van der Waals surface area contributed by atoms with Gasteiger partial charge in [0.05, 0.1) is 5.92 Å². The molecule has 4 aliphatic rings. The van der Waals surface area contributed by atoms with Crippen LogP contribution < -0.4 is 5.32 Å². The molecule has 0 radical (unpaired) electrons. The van der Waals surface area contributed by atoms with Crippen LogP contribution in [0.2, 0.25) is 5.02 Å². The number of nitrogens with one attached hydrogen (secondary N) is 1. The van der Waals surface area contributed by atoms with Crippen LogP contribution in [0, 0.1) is 29.6 Å². The number of benzene rings is 1. The summed E-state index contributed by atoms with van der Waals surface area (Å²) in [5.41, 5.74) is 0.648. The van der Waals surface area contributed by atoms with Crippen molar-refractivity contribution >= 4 is 29.2 Å². The van der Waals surface area contributed by atoms with Gasteiger partial charge < -0.3 is 10.1 Å². The lowest BCUT2D eigenvalue weighted by atomic mass is 9.52. The lowest BCUT2D eigenvalue weighted by Gasteiger charge is -2.53. The highest BCUT2D eigenvalue weighted by Crippen LogP contribution is 2.56. The summed E-state index contributed by atoms with van der Waals surface area (Å²) < 4.78 is 5.35. The Morgan fingerprint density at radius 3 is 2.17 bits per heavy atom. The van der Waals surface area contributed by atoms with Gasteiger partial charge in [0.2, 0.25) is 0 Å². The van der Waals surface area contributed by atoms with E-state index in [9.17, 15) is 9.59 Å². The van der Waals surface area contributed by atoms with E-state index < -0.39 is 0 Å². The van der Waals surface area contributed by atoms with Crippen molar-refractivity contribution in [2.24, 2.45) is 29.6 Å². The minimum Gasteiger partial charge on any atom is -0.455 e. The molecule has 0 saturated heterocycles. The number of carbonyl (C=O) groups excluding carboxylic acids is 2. The number of ether oxygens (including phenoxy) is 1. The van der Waals surface area contributed by atoms with Crippen molar-refractivity contribution in [1.82, 2.24) is 0 Å². The number of esters is 1. The average molecular weight is 348 g/mol. The van der Waals surface area contributed by atoms with Crippen LogP contribution in [-0.2, 0) is 14.3 Å². The van der Waals surface area contributed by atoms with E-state index in [4.69, 9.17) is 16.3 Å². The average Bonchev–Trinajstić information content (AvgIpc) is 2.54. The zero-order valence-corrected chi connectivity index (χ0v) is 14.3. The van der Waals surface area contributed by atoms with Crippen LogP contribution in [0.25, 0.3) is 0 Å². The molecule has 4 aliphatic carbocycles. The number of amides is 1. The first-order chi connectivity index (χ1) is 11.6. The van der Waals surface area contributed by atoms with Crippen molar-refractivity contribution < 1.29 is 14.3 Å². The lowest BCUT2D eigenvalue weighted by Crippen LogP contribution is -2.48. The van der Waals surface area contributed by atoms with Crippen LogP contribution in [0.1, 0.15) is 32.1 Å². The van der Waals surface area contributed by atoms with Crippen LogP contribution in [0.3, 0.4) is 0 Å². The van der Waals surface area contributed by atoms with Crippen LogP contribution in [0.5, 0.6) is 0 Å². The Morgan fingerprint density at radius 1 is 1.00 bits per heavy atom. The van der Waals surface area contributed by atoms with Crippen LogP contribution in [0.4, 0.5) is 5.69 Å². The summed E-state index contributed by atoms with van der Waals surface area (Å²) in [5.74, 6) is 2.14. The zero-order valence-electron chi connectivity index (χ0n) is 13.5. The van der Waals surface area contributed by atoms with Gasteiger partial charge in [-0.2, -0.15) is 0 Å². The maximum absolute atomic E-state index is 12.5. The third-order valence-corrected chi connectivity index (χ3v) is 6.22. The Morgan fingerprint density at radius 2 is 1.58 bits per heavy atom. The molecule has 24 heavy (non-hydrogen) atoms. The number of hydrogen-bond acceptors (Lipinski definition) is 3. The molecular formula is C19H22ClNO3. The van der Waals surface area contributed by atoms with E-state index in [0.29, 0.717) is 22.5 Å². The molecule has 128 valence electrons. The molecule has 0 unspecified atom stereocenters. The highest BCUT2D eigenvalue weighted by molar-refractivity contribution is 6.30. The number of carbonyl (C=O) groups is 2. The summed E-state index contributed by atoms with van der Waals surface area (Å²) in [5, 5.41) is 3.33. The topological polar surface area (TPSA) is 55.4 Å². The van der Waals surface area contributed by atoms with Gasteiger partial charge in [-0.05, 0) is 80.0 Å². The standard InChI is InChI=1S/C19H22ClNO3/c20-15-1-3-16(4-2-15)21-17(22)10-24-19(23)18-13-6-11-5-12(8-13)9-14(18)7-11/h1-4,11-14,18H,5-10H2,(H,21,22). The summed E-state index contributed by atoms with van der Waals surface area (Å²) in [6, 6.07) is 6.86. The second-order valence-electron chi connectivity index (χ2n) is 7.62. The molecule has 0 aromatic heterocycles. The van der Waals surface area contributed by atoms with Crippen molar-refractivity contribution in [3.63, 3.8) is 0 Å². The molecule has 0 atom stereocenters. The molecule has 0 aliphatic heterocycles. The molecule has 4 nitrogen and oxygen atoms in total. The Balaban J connectivity index is 1.30. The van der Waals surface area contributed by atoms with E-state index in [1.165, 1.54) is 32.1 Å². The molecule has 0 heterocycles. The maximum Gasteiger partial charge on any atom is 0.310 e. The molecule has 4 bridgehead atoms. The molecule has 4 fully saturated rings. The van der Waals surface area contributed by atoms with Crippen LogP contribution in [0.15, 0.2) is 24.3 Å². The SMILES string of the molecule is O=C(COC(=O)C1C2CC3CC(C2)CC1C3)Nc1ccc(Cl)cc1. The quantitative estimate of drug-likeness (QED) is 0.840. The Kier molecular flexibility index (Phi) is 4.25. The van der Waals surface area contributed by atoms with Gasteiger partial charge in [0.25, 0.3) is 5.91 Å². The highest BCUT2D eigenvalue weighted by atomic mass is 35.5. The van der Waals surface area contributed by atoms with E-state index in [-0.39, 0.29) is 24.4 Å². The summed E-state index contributed by atoms with van der Waals surface area (Å²) >= 11 is 5.81. The third-order valence-electron chi connectivity index (χ3n) is 5.97. The zero-order chi connectivity index (χ0) is 16.7. The Hall–Kier alpha value is -1.55. The smallest absolute Gasteiger partial charge is 0.310 e. The first-order valence-corrected chi connectivity index (χ1v) is 9.18. The summed E-state index contributed by atoms with van der Waals surface area (Å²) in [6.45, 7) is -0.218. The van der Waals surface area contributed by atoms with Crippen molar-refractivity contribution in [2.75, 3.05) is 11.9 Å². The molecule has 1 aromatic carbocycles. The third kappa shape index (κ3) is 3.16. The van der Waals surface area contributed by atoms with E-state index in [1.807, 2.05) is 0 Å². The van der Waals surface area contributed by atoms with Gasteiger partial charge in [0.1, 0.15) is 0 Å². The molecule has 0 spiro atoms. The fourth-order valence-electron chi connectivity index (χ4n) is 5.27. The van der Waals surface area contributed by atoms with Crippen molar-refractivity contribution in [1.29, 1.82) is 0 Å². The van der Waals surface area contributed by atoms with Gasteiger partial charge in [-0.1, -0.05) is 11.6 Å². The summed E-state index contributed by atoms with van der Waals surface area (Å²) in [4.78, 5) is 24.5. The molecule has 1 N–H and O–H groups in total. The number of halogens is 1. The first kappa shape index (κ1) is 15.9. The fourth-order valence-corrected chi connectivity index (χ4v) is 5.40. The minimum atomic E-state index is -0.311. The van der Waals surface area contributed by atoms with Gasteiger partial charge in [-0.3, -0.25) is 9.59 Å². The normalized spacial score (nSPS) is 33.3. The van der Waals surface area contributed by atoms with E-state index in [2.05, 4.69) is 5.32 Å². The van der Waals surface area contributed by atoms with E-state index in [0.717, 1.165) is 11.8 Å². The van der Waals surface area contributed by atoms with Gasteiger partial charge in [-0.25, -0.2) is 0 Å². The van der Waals surface area contributed by atoms with Gasteiger partial charge in [0.15, 0.2) is 6.61 Å². The predicted octanol–water partition coefficient (Wildman–Crippen LogP) is 3.89. The van der Waals surface area contributed by atoms with Crippen LogP contribution in [-0.4, -0.2) is 18.5 Å². The van der Waals surface area contributed by atoms with E-state index in [1.54, 1.807) is 24.3 Å². The summed E-state index contributed by atoms with van der Waals surface area (Å²) in [6.07, 6.45) is 6.04. The monoisotopic (exact) mass is 347 g/mol. The first-order valence-electron chi connectivity index (χ1n) is 8.80. The molecular weight excluding hydrogens is 326 g/mol. The van der Waals surface area contributed by atoms with Crippen molar-refractivity contribution in [3.8, 4) is 0 Å². The Bertz CT molecular complexity index is 615. The molecule has 1 amide bonds. The molecule has 5 heteroatoms. The number of hydrogen-bond donors (Lipinski definition) is 1. The van der Waals surface area contributed by atoms with Gasteiger partial charge >= 0.3 is 5.97 Å². The molecule has 4 saturated carbocycles. The Labute approximate surface area is 146 Å². The van der Waals surface area contributed by atoms with Gasteiger partial charge in [-0.15, -0.1) is 0 Å². The van der Waals surface area contributed by atoms with Crippen LogP contribution >= 0.6 is 11.6 Å². The second kappa shape index (κ2) is 6.40. The van der Waals surface area contributed by atoms with Crippen molar-refractivity contribution in [2.45, 2.75) is 32.1 Å². The van der Waals surface area contributed by atoms with Gasteiger partial charge in [0, 0.05) is 10.7 Å². The number of anilines is 1. The second-order valence-corrected chi connectivity index (χ2v) is 8.06. The highest BCUT2D eigenvalue weighted by Gasteiger charge is 2.51. The van der Waals surface area contributed by atoms with E-state index >= 15 is 0 Å². The van der Waals surface area contributed by atoms with Crippen molar-refractivity contribution in [3.05, 3.63) is 29.3 Å². The lowest BCUT2D eigenvalue weighted by molar-refractivity contribution is -0.164.